The molecule has 2 bridgehead atoms. The Hall–Kier alpha value is -1.13. The molecular weight excluding hydrogens is 338 g/mol. The summed E-state index contributed by atoms with van der Waals surface area (Å²) in [5, 5.41) is 7.79. The van der Waals surface area contributed by atoms with Crippen molar-refractivity contribution in [1.82, 2.24) is 10.2 Å². The van der Waals surface area contributed by atoms with E-state index in [2.05, 4.69) is 46.7 Å². The molecule has 1 aromatic rings. The summed E-state index contributed by atoms with van der Waals surface area (Å²) in [6.07, 6.45) is 13.5. The lowest BCUT2D eigenvalue weighted by molar-refractivity contribution is -0.00596. The van der Waals surface area contributed by atoms with Crippen molar-refractivity contribution in [2.24, 2.45) is 0 Å². The topological polar surface area (TPSA) is 27.3 Å². The quantitative estimate of drug-likeness (QED) is 0.739. The van der Waals surface area contributed by atoms with E-state index < -0.39 is 0 Å². The maximum Gasteiger partial charge on any atom is 0.170 e. The van der Waals surface area contributed by atoms with Crippen molar-refractivity contribution in [2.45, 2.75) is 95.3 Å². The molecule has 2 saturated heterocycles. The maximum absolute atomic E-state index is 5.61. The van der Waals surface area contributed by atoms with Gasteiger partial charge < -0.3 is 10.6 Å². The lowest BCUT2D eigenvalue weighted by Crippen LogP contribution is -2.59. The Balaban J connectivity index is 1.33. The molecule has 0 spiro atoms. The van der Waals surface area contributed by atoms with Crippen molar-refractivity contribution >= 4 is 23.0 Å². The fraction of sp³-hybridized carbons (Fsp3) is 0.682. The number of piperidine rings is 2. The standard InChI is InChI=1S/C22H33N3S/c1-2-16-10-12-17(13-11-16)23-22(26)24-18-14-20-8-5-9-21(15-18)25(20)19-6-3-4-7-19/h10-13,18-21H,2-9,14-15H2,1H3,(H2,23,24,26)/t20-,21-/m1/s1. The molecule has 0 unspecified atom stereocenters. The van der Waals surface area contributed by atoms with Gasteiger partial charge >= 0.3 is 0 Å². The fourth-order valence-corrected chi connectivity index (χ4v) is 5.80. The van der Waals surface area contributed by atoms with Crippen LogP contribution in [0.25, 0.3) is 0 Å². The molecule has 1 aliphatic carbocycles. The first kappa shape index (κ1) is 18.2. The average molecular weight is 372 g/mol. The van der Waals surface area contributed by atoms with Crippen LogP contribution in [-0.2, 0) is 6.42 Å². The highest BCUT2D eigenvalue weighted by atomic mass is 32.1. The Morgan fingerprint density at radius 2 is 1.58 bits per heavy atom. The predicted molar refractivity (Wildman–Crippen MR) is 114 cm³/mol. The van der Waals surface area contributed by atoms with Gasteiger partial charge in [-0.05, 0) is 74.9 Å². The number of hydrogen-bond acceptors (Lipinski definition) is 2. The molecule has 4 heteroatoms. The number of thiocarbonyl (C=S) groups is 1. The summed E-state index contributed by atoms with van der Waals surface area (Å²) in [5.41, 5.74) is 2.45. The van der Waals surface area contributed by atoms with Crippen LogP contribution in [0.5, 0.6) is 0 Å². The van der Waals surface area contributed by atoms with Gasteiger partial charge in [-0.25, -0.2) is 0 Å². The number of hydrogen-bond donors (Lipinski definition) is 2. The SMILES string of the molecule is CCc1ccc(NC(=S)NC2C[C@H]3CCC[C@H](C2)N3C2CCCC2)cc1. The second kappa shape index (κ2) is 8.26. The Bertz CT molecular complexity index is 594. The van der Waals surface area contributed by atoms with E-state index in [1.807, 2.05) is 0 Å². The highest BCUT2D eigenvalue weighted by Gasteiger charge is 2.42. The summed E-state index contributed by atoms with van der Waals surface area (Å²) in [6, 6.07) is 11.6. The van der Waals surface area contributed by atoms with Crippen LogP contribution in [0.4, 0.5) is 5.69 Å². The second-order valence-electron chi connectivity index (χ2n) is 8.44. The van der Waals surface area contributed by atoms with E-state index in [4.69, 9.17) is 12.2 Å². The number of anilines is 1. The number of nitrogens with one attached hydrogen (secondary N) is 2. The summed E-state index contributed by atoms with van der Waals surface area (Å²) >= 11 is 5.61. The van der Waals surface area contributed by atoms with E-state index in [1.54, 1.807) is 0 Å². The summed E-state index contributed by atoms with van der Waals surface area (Å²) < 4.78 is 0. The van der Waals surface area contributed by atoms with Gasteiger partial charge in [0.1, 0.15) is 0 Å². The molecule has 3 fully saturated rings. The zero-order valence-corrected chi connectivity index (χ0v) is 16.9. The monoisotopic (exact) mass is 371 g/mol. The molecule has 3 nitrogen and oxygen atoms in total. The summed E-state index contributed by atoms with van der Waals surface area (Å²) in [6.45, 7) is 2.18. The lowest BCUT2D eigenvalue weighted by atomic mass is 9.80. The van der Waals surface area contributed by atoms with Crippen molar-refractivity contribution in [2.75, 3.05) is 5.32 Å². The molecule has 2 N–H and O–H groups in total. The number of aryl methyl sites for hydroxylation is 1. The largest absolute Gasteiger partial charge is 0.360 e. The number of fused-ring (bicyclic) bond motifs is 2. The predicted octanol–water partition coefficient (Wildman–Crippen LogP) is 4.86. The third-order valence-electron chi connectivity index (χ3n) is 6.73. The van der Waals surface area contributed by atoms with Crippen LogP contribution in [0.15, 0.2) is 24.3 Å². The molecular formula is C22H33N3S. The van der Waals surface area contributed by atoms with E-state index in [0.29, 0.717) is 6.04 Å². The third-order valence-corrected chi connectivity index (χ3v) is 6.95. The first-order valence-corrected chi connectivity index (χ1v) is 11.1. The fourth-order valence-electron chi connectivity index (χ4n) is 5.51. The molecule has 1 aromatic carbocycles. The van der Waals surface area contributed by atoms with Crippen LogP contribution >= 0.6 is 12.2 Å². The van der Waals surface area contributed by atoms with Crippen LogP contribution in [0.2, 0.25) is 0 Å². The minimum Gasteiger partial charge on any atom is -0.360 e. The molecule has 2 heterocycles. The number of rotatable bonds is 4. The zero-order chi connectivity index (χ0) is 17.9. The van der Waals surface area contributed by atoms with E-state index in [1.165, 1.54) is 63.4 Å². The summed E-state index contributed by atoms with van der Waals surface area (Å²) in [7, 11) is 0. The molecule has 2 aliphatic heterocycles. The van der Waals surface area contributed by atoms with Gasteiger partial charge in [0.15, 0.2) is 5.11 Å². The minimum absolute atomic E-state index is 0.526. The molecule has 2 atom stereocenters. The summed E-state index contributed by atoms with van der Waals surface area (Å²) in [4.78, 5) is 2.93. The zero-order valence-electron chi connectivity index (χ0n) is 16.0. The van der Waals surface area contributed by atoms with Gasteiger partial charge in [-0.3, -0.25) is 4.90 Å². The first-order valence-electron chi connectivity index (χ1n) is 10.7. The maximum atomic E-state index is 5.61. The van der Waals surface area contributed by atoms with Gasteiger partial charge in [0.25, 0.3) is 0 Å². The first-order chi connectivity index (χ1) is 12.7. The van der Waals surface area contributed by atoms with E-state index in [0.717, 1.165) is 35.3 Å². The Labute approximate surface area is 163 Å². The van der Waals surface area contributed by atoms with Gasteiger partial charge in [0, 0.05) is 29.9 Å². The van der Waals surface area contributed by atoms with Crippen LogP contribution in [0.1, 0.15) is 70.3 Å². The van der Waals surface area contributed by atoms with Crippen molar-refractivity contribution < 1.29 is 0 Å². The number of nitrogens with zero attached hydrogens (tertiary/aromatic N) is 1. The average Bonchev–Trinajstić information content (AvgIpc) is 3.16. The highest BCUT2D eigenvalue weighted by molar-refractivity contribution is 7.80. The Kier molecular flexibility index (Phi) is 5.80. The van der Waals surface area contributed by atoms with Crippen LogP contribution in [-0.4, -0.2) is 34.2 Å². The molecule has 0 aromatic heterocycles. The molecule has 3 aliphatic rings. The van der Waals surface area contributed by atoms with Crippen LogP contribution in [0, 0.1) is 0 Å². The van der Waals surface area contributed by atoms with Crippen molar-refractivity contribution in [3.05, 3.63) is 29.8 Å². The van der Waals surface area contributed by atoms with Crippen LogP contribution in [0.3, 0.4) is 0 Å². The van der Waals surface area contributed by atoms with E-state index in [9.17, 15) is 0 Å². The molecule has 0 amide bonds. The molecule has 142 valence electrons. The Morgan fingerprint density at radius 1 is 0.962 bits per heavy atom. The van der Waals surface area contributed by atoms with Gasteiger partial charge in [0.2, 0.25) is 0 Å². The highest BCUT2D eigenvalue weighted by Crippen LogP contribution is 2.39. The second-order valence-corrected chi connectivity index (χ2v) is 8.85. The third kappa shape index (κ3) is 4.07. The van der Waals surface area contributed by atoms with E-state index in [-0.39, 0.29) is 0 Å². The molecule has 4 rings (SSSR count). The van der Waals surface area contributed by atoms with Crippen molar-refractivity contribution in [1.29, 1.82) is 0 Å². The molecule has 0 radical (unpaired) electrons. The van der Waals surface area contributed by atoms with Crippen molar-refractivity contribution in [3.63, 3.8) is 0 Å². The lowest BCUT2D eigenvalue weighted by Gasteiger charge is -2.52. The minimum atomic E-state index is 0.526. The van der Waals surface area contributed by atoms with Gasteiger partial charge in [-0.1, -0.05) is 38.3 Å². The normalized spacial score (nSPS) is 29.5. The summed E-state index contributed by atoms with van der Waals surface area (Å²) in [5.74, 6) is 0. The smallest absolute Gasteiger partial charge is 0.170 e. The van der Waals surface area contributed by atoms with Gasteiger partial charge in [0.05, 0.1) is 0 Å². The van der Waals surface area contributed by atoms with Crippen molar-refractivity contribution in [3.8, 4) is 0 Å². The van der Waals surface area contributed by atoms with Gasteiger partial charge in [-0.2, -0.15) is 0 Å². The Morgan fingerprint density at radius 3 is 2.19 bits per heavy atom. The van der Waals surface area contributed by atoms with Gasteiger partial charge in [-0.15, -0.1) is 0 Å². The van der Waals surface area contributed by atoms with Crippen LogP contribution < -0.4 is 10.6 Å². The molecule has 1 saturated carbocycles. The number of benzene rings is 1. The molecule has 26 heavy (non-hydrogen) atoms. The van der Waals surface area contributed by atoms with E-state index >= 15 is 0 Å².